The molecule has 6 nitrogen and oxygen atoms in total. The Balaban J connectivity index is 1.87. The third-order valence-electron chi connectivity index (χ3n) is 4.13. The van der Waals surface area contributed by atoms with Gasteiger partial charge in [0.2, 0.25) is 0 Å². The number of aryl methyl sites for hydroxylation is 1. The minimum Gasteiger partial charge on any atom is -0.302 e. The summed E-state index contributed by atoms with van der Waals surface area (Å²) in [5.41, 5.74) is 0.690. The minimum absolute atomic E-state index is 0.227. The molecule has 0 atom stereocenters. The third-order valence-corrected chi connectivity index (χ3v) is 5.91. The average Bonchev–Trinajstić information content (AvgIpc) is 3.20. The van der Waals surface area contributed by atoms with Crippen LogP contribution in [0, 0.1) is 0 Å². The molecule has 1 aromatic heterocycles. The Bertz CT molecular complexity index is 736. The average molecular weight is 334 g/mol. The molecule has 1 fully saturated rings. The zero-order chi connectivity index (χ0) is 16.3. The van der Waals surface area contributed by atoms with Gasteiger partial charge in [-0.15, -0.1) is 0 Å². The van der Waals surface area contributed by atoms with Crippen molar-refractivity contribution in [2.75, 3.05) is 30.5 Å². The van der Waals surface area contributed by atoms with E-state index in [0.29, 0.717) is 12.2 Å². The summed E-state index contributed by atoms with van der Waals surface area (Å²) < 4.78 is 29.0. The molecule has 1 aliphatic rings. The number of aromatic nitrogens is 2. The van der Waals surface area contributed by atoms with Crippen LogP contribution in [0.5, 0.6) is 0 Å². The molecular weight excluding hydrogens is 312 g/mol. The van der Waals surface area contributed by atoms with Crippen molar-refractivity contribution in [1.29, 1.82) is 0 Å². The van der Waals surface area contributed by atoms with Crippen LogP contribution < -0.4 is 4.31 Å². The molecule has 1 saturated heterocycles. The van der Waals surface area contributed by atoms with Crippen LogP contribution in [0.1, 0.15) is 12.8 Å². The normalized spacial score (nSPS) is 15.9. The second-order valence-electron chi connectivity index (χ2n) is 5.81. The van der Waals surface area contributed by atoms with Gasteiger partial charge in [0.05, 0.1) is 11.9 Å². The molecular formula is C16H22N4O2S. The third kappa shape index (κ3) is 3.56. The van der Waals surface area contributed by atoms with Crippen molar-refractivity contribution in [2.24, 2.45) is 7.05 Å². The predicted octanol–water partition coefficient (Wildman–Crippen LogP) is 1.71. The van der Waals surface area contributed by atoms with Crippen LogP contribution in [0.3, 0.4) is 0 Å². The van der Waals surface area contributed by atoms with Gasteiger partial charge in [-0.1, -0.05) is 18.2 Å². The lowest BCUT2D eigenvalue weighted by molar-refractivity contribution is 0.349. The van der Waals surface area contributed by atoms with Crippen molar-refractivity contribution in [3.05, 3.63) is 42.7 Å². The van der Waals surface area contributed by atoms with Gasteiger partial charge in [0.25, 0.3) is 10.0 Å². The van der Waals surface area contributed by atoms with Crippen molar-refractivity contribution in [1.82, 2.24) is 14.7 Å². The van der Waals surface area contributed by atoms with Crippen molar-refractivity contribution in [3.8, 4) is 0 Å². The summed E-state index contributed by atoms with van der Waals surface area (Å²) in [6.07, 6.45) is 5.34. The van der Waals surface area contributed by atoms with Gasteiger partial charge in [-0.05, 0) is 38.1 Å². The summed E-state index contributed by atoms with van der Waals surface area (Å²) in [5, 5.41) is 4.00. The number of anilines is 1. The van der Waals surface area contributed by atoms with Gasteiger partial charge in [0.15, 0.2) is 0 Å². The first-order valence-corrected chi connectivity index (χ1v) is 9.30. The zero-order valence-corrected chi connectivity index (χ0v) is 14.1. The second-order valence-corrected chi connectivity index (χ2v) is 7.67. The number of likely N-dealkylation sites (tertiary alicyclic amines) is 1. The van der Waals surface area contributed by atoms with E-state index in [1.165, 1.54) is 28.0 Å². The van der Waals surface area contributed by atoms with Crippen molar-refractivity contribution in [3.63, 3.8) is 0 Å². The van der Waals surface area contributed by atoms with Crippen LogP contribution >= 0.6 is 0 Å². The molecule has 0 N–H and O–H groups in total. The highest BCUT2D eigenvalue weighted by atomic mass is 32.2. The fraction of sp³-hybridized carbons (Fsp3) is 0.438. The zero-order valence-electron chi connectivity index (χ0n) is 13.3. The number of hydrogen-bond donors (Lipinski definition) is 0. The maximum Gasteiger partial charge on any atom is 0.267 e. The molecule has 0 bridgehead atoms. The van der Waals surface area contributed by atoms with Crippen LogP contribution in [0.2, 0.25) is 0 Å². The second kappa shape index (κ2) is 6.72. The smallest absolute Gasteiger partial charge is 0.267 e. The highest BCUT2D eigenvalue weighted by molar-refractivity contribution is 7.92. The molecule has 0 spiro atoms. The number of para-hydroxylation sites is 1. The van der Waals surface area contributed by atoms with Crippen molar-refractivity contribution in [2.45, 2.75) is 17.7 Å². The Hall–Kier alpha value is -1.86. The Morgan fingerprint density at radius 1 is 1.17 bits per heavy atom. The number of nitrogens with zero attached hydrogens (tertiary/aromatic N) is 4. The molecule has 0 unspecified atom stereocenters. The van der Waals surface area contributed by atoms with Gasteiger partial charge in [-0.3, -0.25) is 8.99 Å². The summed E-state index contributed by atoms with van der Waals surface area (Å²) in [7, 11) is -1.88. The van der Waals surface area contributed by atoms with Crippen LogP contribution in [0.15, 0.2) is 47.6 Å². The molecule has 3 rings (SSSR count). The molecule has 2 heterocycles. The van der Waals surface area contributed by atoms with Crippen LogP contribution in [0.25, 0.3) is 0 Å². The van der Waals surface area contributed by atoms with E-state index < -0.39 is 10.0 Å². The fourth-order valence-electron chi connectivity index (χ4n) is 2.88. The molecule has 0 radical (unpaired) electrons. The van der Waals surface area contributed by atoms with Gasteiger partial charge in [0.1, 0.15) is 4.90 Å². The maximum atomic E-state index is 13.0. The first-order chi connectivity index (χ1) is 11.1. The molecule has 0 aliphatic carbocycles. The maximum absolute atomic E-state index is 13.0. The van der Waals surface area contributed by atoms with Gasteiger partial charge in [-0.25, -0.2) is 8.42 Å². The number of hydrogen-bond acceptors (Lipinski definition) is 4. The largest absolute Gasteiger partial charge is 0.302 e. The Labute approximate surface area is 137 Å². The lowest BCUT2D eigenvalue weighted by Gasteiger charge is -2.26. The quantitative estimate of drug-likeness (QED) is 0.807. The van der Waals surface area contributed by atoms with E-state index in [-0.39, 0.29) is 4.90 Å². The molecule has 1 aliphatic heterocycles. The SMILES string of the molecule is Cn1cc(S(=O)(=O)N(CCN2CCCC2)c2ccccc2)cn1. The Morgan fingerprint density at radius 3 is 2.48 bits per heavy atom. The molecule has 7 heteroatoms. The van der Waals surface area contributed by atoms with Crippen LogP contribution in [-0.4, -0.2) is 49.3 Å². The fourth-order valence-corrected chi connectivity index (χ4v) is 4.32. The van der Waals surface area contributed by atoms with Crippen LogP contribution in [-0.2, 0) is 17.1 Å². The highest BCUT2D eigenvalue weighted by Crippen LogP contribution is 2.23. The van der Waals surface area contributed by atoms with E-state index >= 15 is 0 Å². The van der Waals surface area contributed by atoms with Crippen molar-refractivity contribution < 1.29 is 8.42 Å². The molecule has 0 saturated carbocycles. The molecule has 0 amide bonds. The number of sulfonamides is 1. The summed E-state index contributed by atoms with van der Waals surface area (Å²) in [4.78, 5) is 2.54. The van der Waals surface area contributed by atoms with E-state index in [1.807, 2.05) is 30.3 Å². The van der Waals surface area contributed by atoms with Gasteiger partial charge >= 0.3 is 0 Å². The van der Waals surface area contributed by atoms with Gasteiger partial charge in [-0.2, -0.15) is 5.10 Å². The first-order valence-electron chi connectivity index (χ1n) is 7.86. The van der Waals surface area contributed by atoms with Gasteiger partial charge < -0.3 is 4.90 Å². The molecule has 23 heavy (non-hydrogen) atoms. The summed E-state index contributed by atoms with van der Waals surface area (Å²) in [6, 6.07) is 9.27. The lowest BCUT2D eigenvalue weighted by atomic mass is 10.3. The van der Waals surface area contributed by atoms with E-state index in [4.69, 9.17) is 0 Å². The summed E-state index contributed by atoms with van der Waals surface area (Å²) >= 11 is 0. The van der Waals surface area contributed by atoms with Crippen LogP contribution in [0.4, 0.5) is 5.69 Å². The standard InChI is InChI=1S/C16H22N4O2S/c1-18-14-16(13-17-18)23(21,22)20(15-7-3-2-4-8-15)12-11-19-9-5-6-10-19/h2-4,7-8,13-14H,5-6,9-12H2,1H3. The predicted molar refractivity (Wildman–Crippen MR) is 89.9 cm³/mol. The lowest BCUT2D eigenvalue weighted by Crippen LogP contribution is -2.38. The molecule has 2 aromatic rings. The van der Waals surface area contributed by atoms with E-state index in [1.54, 1.807) is 13.2 Å². The van der Waals surface area contributed by atoms with Crippen molar-refractivity contribution >= 4 is 15.7 Å². The Kier molecular flexibility index (Phi) is 4.68. The highest BCUT2D eigenvalue weighted by Gasteiger charge is 2.27. The Morgan fingerprint density at radius 2 is 1.87 bits per heavy atom. The summed E-state index contributed by atoms with van der Waals surface area (Å²) in [6.45, 7) is 3.29. The van der Waals surface area contributed by atoms with E-state index in [2.05, 4.69) is 10.00 Å². The topological polar surface area (TPSA) is 58.4 Å². The minimum atomic E-state index is -3.60. The summed E-state index contributed by atoms with van der Waals surface area (Å²) in [5.74, 6) is 0. The number of rotatable bonds is 6. The number of benzene rings is 1. The van der Waals surface area contributed by atoms with E-state index in [0.717, 1.165) is 19.6 Å². The molecule has 124 valence electrons. The molecule has 1 aromatic carbocycles. The van der Waals surface area contributed by atoms with E-state index in [9.17, 15) is 8.42 Å². The van der Waals surface area contributed by atoms with Gasteiger partial charge in [0, 0.05) is 26.3 Å². The first kappa shape index (κ1) is 16.0. The monoisotopic (exact) mass is 334 g/mol.